The van der Waals surface area contributed by atoms with Crippen molar-refractivity contribution in [3.63, 3.8) is 0 Å². The highest BCUT2D eigenvalue weighted by molar-refractivity contribution is 7.18. The molecule has 0 N–H and O–H groups in total. The molecule has 0 saturated carbocycles. The molecule has 0 amide bonds. The lowest BCUT2D eigenvalue weighted by atomic mass is 10.3. The Morgan fingerprint density at radius 1 is 1.40 bits per heavy atom. The summed E-state index contributed by atoms with van der Waals surface area (Å²) in [5, 5.41) is 5.13. The number of esters is 1. The molecular formula is C14H13N3O2S. The molecule has 6 heteroatoms. The summed E-state index contributed by atoms with van der Waals surface area (Å²) in [6.45, 7) is 2.70. The minimum atomic E-state index is -0.344. The van der Waals surface area contributed by atoms with E-state index in [1.54, 1.807) is 29.1 Å². The standard InChI is InChI=1S/C14H13N3O2S/c1-2-19-14(18)10-7-15-17(8-10)9-13-16-11-5-3-4-6-12(11)20-13/h3-8H,2,9H2,1H3. The van der Waals surface area contributed by atoms with Gasteiger partial charge in [-0.3, -0.25) is 4.68 Å². The van der Waals surface area contributed by atoms with Crippen molar-refractivity contribution in [1.82, 2.24) is 14.8 Å². The maximum atomic E-state index is 11.6. The quantitative estimate of drug-likeness (QED) is 0.692. The maximum absolute atomic E-state index is 11.6. The second-order valence-corrected chi connectivity index (χ2v) is 5.34. The van der Waals surface area contributed by atoms with E-state index in [0.29, 0.717) is 18.7 Å². The van der Waals surface area contributed by atoms with Crippen LogP contribution in [0.4, 0.5) is 0 Å². The number of benzene rings is 1. The van der Waals surface area contributed by atoms with Crippen molar-refractivity contribution in [2.75, 3.05) is 6.61 Å². The number of thiazole rings is 1. The summed E-state index contributed by atoms with van der Waals surface area (Å²) in [6, 6.07) is 8.00. The number of carbonyl (C=O) groups is 1. The van der Waals surface area contributed by atoms with Crippen molar-refractivity contribution in [2.24, 2.45) is 0 Å². The third-order valence-corrected chi connectivity index (χ3v) is 3.80. The van der Waals surface area contributed by atoms with E-state index in [1.165, 1.54) is 6.20 Å². The number of para-hydroxylation sites is 1. The van der Waals surface area contributed by atoms with Crippen molar-refractivity contribution in [2.45, 2.75) is 13.5 Å². The zero-order chi connectivity index (χ0) is 13.9. The highest BCUT2D eigenvalue weighted by Crippen LogP contribution is 2.22. The normalized spacial score (nSPS) is 10.8. The lowest BCUT2D eigenvalue weighted by Crippen LogP contribution is -2.03. The van der Waals surface area contributed by atoms with Gasteiger partial charge in [0.25, 0.3) is 0 Å². The minimum absolute atomic E-state index is 0.344. The number of carbonyl (C=O) groups excluding carboxylic acids is 1. The number of fused-ring (bicyclic) bond motifs is 1. The summed E-state index contributed by atoms with van der Waals surface area (Å²) in [5.41, 5.74) is 1.46. The third kappa shape index (κ3) is 2.55. The molecule has 2 heterocycles. The highest BCUT2D eigenvalue weighted by atomic mass is 32.1. The number of nitrogens with zero attached hydrogens (tertiary/aromatic N) is 3. The Kier molecular flexibility index (Phi) is 3.47. The molecule has 0 aliphatic carbocycles. The zero-order valence-corrected chi connectivity index (χ0v) is 11.8. The predicted octanol–water partition coefficient (Wildman–Crippen LogP) is 2.72. The molecule has 0 atom stereocenters. The zero-order valence-electron chi connectivity index (χ0n) is 10.9. The van der Waals surface area contributed by atoms with Crippen LogP contribution in [0.2, 0.25) is 0 Å². The van der Waals surface area contributed by atoms with Crippen molar-refractivity contribution in [1.29, 1.82) is 0 Å². The fraction of sp³-hybridized carbons (Fsp3) is 0.214. The molecule has 0 unspecified atom stereocenters. The van der Waals surface area contributed by atoms with Crippen LogP contribution < -0.4 is 0 Å². The van der Waals surface area contributed by atoms with Gasteiger partial charge in [0.1, 0.15) is 5.01 Å². The van der Waals surface area contributed by atoms with E-state index < -0.39 is 0 Å². The smallest absolute Gasteiger partial charge is 0.341 e. The van der Waals surface area contributed by atoms with Gasteiger partial charge in [-0.1, -0.05) is 12.1 Å². The molecule has 1 aromatic carbocycles. The topological polar surface area (TPSA) is 57.0 Å². The Morgan fingerprint density at radius 3 is 3.05 bits per heavy atom. The van der Waals surface area contributed by atoms with Crippen molar-refractivity contribution in [3.05, 3.63) is 47.2 Å². The Morgan fingerprint density at radius 2 is 2.25 bits per heavy atom. The fourth-order valence-corrected chi connectivity index (χ4v) is 2.86. The van der Waals surface area contributed by atoms with Crippen molar-refractivity contribution < 1.29 is 9.53 Å². The van der Waals surface area contributed by atoms with Gasteiger partial charge in [0.15, 0.2) is 0 Å². The summed E-state index contributed by atoms with van der Waals surface area (Å²) >= 11 is 1.63. The summed E-state index contributed by atoms with van der Waals surface area (Å²) in [4.78, 5) is 16.1. The number of hydrogen-bond acceptors (Lipinski definition) is 5. The van der Waals surface area contributed by atoms with Gasteiger partial charge in [-0.05, 0) is 19.1 Å². The molecule has 0 fully saturated rings. The average molecular weight is 287 g/mol. The van der Waals surface area contributed by atoms with Crippen LogP contribution in [0.15, 0.2) is 36.7 Å². The number of ether oxygens (including phenoxy) is 1. The Labute approximate surface area is 119 Å². The van der Waals surface area contributed by atoms with Crippen molar-refractivity contribution >= 4 is 27.5 Å². The molecular weight excluding hydrogens is 274 g/mol. The number of aromatic nitrogens is 3. The van der Waals surface area contributed by atoms with E-state index in [4.69, 9.17) is 4.74 Å². The second-order valence-electron chi connectivity index (χ2n) is 4.22. The van der Waals surface area contributed by atoms with Crippen LogP contribution in [0.5, 0.6) is 0 Å². The van der Waals surface area contributed by atoms with Gasteiger partial charge >= 0.3 is 5.97 Å². The Hall–Kier alpha value is -2.21. The SMILES string of the molecule is CCOC(=O)c1cnn(Cc2nc3ccccc3s2)c1. The summed E-state index contributed by atoms with van der Waals surface area (Å²) < 4.78 is 7.79. The molecule has 20 heavy (non-hydrogen) atoms. The third-order valence-electron chi connectivity index (χ3n) is 2.78. The second kappa shape index (κ2) is 5.42. The van der Waals surface area contributed by atoms with Crippen LogP contribution in [-0.4, -0.2) is 27.3 Å². The first kappa shape index (κ1) is 12.8. The number of hydrogen-bond donors (Lipinski definition) is 0. The van der Waals surface area contributed by atoms with E-state index >= 15 is 0 Å². The molecule has 0 radical (unpaired) electrons. The summed E-state index contributed by atoms with van der Waals surface area (Å²) in [6.07, 6.45) is 3.20. The molecule has 0 aliphatic rings. The van der Waals surface area contributed by atoms with Crippen molar-refractivity contribution in [3.8, 4) is 0 Å². The van der Waals surface area contributed by atoms with Gasteiger partial charge in [-0.15, -0.1) is 11.3 Å². The molecule has 0 aliphatic heterocycles. The summed E-state index contributed by atoms with van der Waals surface area (Å²) in [5.74, 6) is -0.344. The van der Waals surface area contributed by atoms with Crippen LogP contribution in [0.25, 0.3) is 10.2 Å². The first-order valence-electron chi connectivity index (χ1n) is 6.30. The van der Waals surface area contributed by atoms with E-state index in [1.807, 2.05) is 24.3 Å². The maximum Gasteiger partial charge on any atom is 0.341 e. The van der Waals surface area contributed by atoms with E-state index in [9.17, 15) is 4.79 Å². The van der Waals surface area contributed by atoms with Crippen LogP contribution in [0.3, 0.4) is 0 Å². The van der Waals surface area contributed by atoms with Crippen LogP contribution in [0, 0.1) is 0 Å². The van der Waals surface area contributed by atoms with Gasteiger partial charge < -0.3 is 4.74 Å². The molecule has 3 rings (SSSR count). The summed E-state index contributed by atoms with van der Waals surface area (Å²) in [7, 11) is 0. The minimum Gasteiger partial charge on any atom is -0.462 e. The molecule has 102 valence electrons. The van der Waals surface area contributed by atoms with E-state index in [-0.39, 0.29) is 5.97 Å². The van der Waals surface area contributed by atoms with Gasteiger partial charge in [0.05, 0.1) is 35.1 Å². The van der Waals surface area contributed by atoms with Crippen LogP contribution in [0.1, 0.15) is 22.3 Å². The lowest BCUT2D eigenvalue weighted by molar-refractivity contribution is 0.0526. The monoisotopic (exact) mass is 287 g/mol. The Balaban J connectivity index is 1.79. The lowest BCUT2D eigenvalue weighted by Gasteiger charge is -1.97. The molecule has 0 bridgehead atoms. The van der Waals surface area contributed by atoms with Crippen LogP contribution in [-0.2, 0) is 11.3 Å². The van der Waals surface area contributed by atoms with Gasteiger partial charge in [0, 0.05) is 6.20 Å². The van der Waals surface area contributed by atoms with Gasteiger partial charge in [0.2, 0.25) is 0 Å². The molecule has 2 aromatic heterocycles. The molecule has 0 saturated heterocycles. The van der Waals surface area contributed by atoms with E-state index in [2.05, 4.69) is 10.1 Å². The first-order chi connectivity index (χ1) is 9.76. The van der Waals surface area contributed by atoms with E-state index in [0.717, 1.165) is 15.2 Å². The Bertz CT molecular complexity index is 715. The average Bonchev–Trinajstić information content (AvgIpc) is 3.05. The largest absolute Gasteiger partial charge is 0.462 e. The number of rotatable bonds is 4. The van der Waals surface area contributed by atoms with Crippen LogP contribution >= 0.6 is 11.3 Å². The fourth-order valence-electron chi connectivity index (χ4n) is 1.90. The highest BCUT2D eigenvalue weighted by Gasteiger charge is 2.10. The van der Waals surface area contributed by atoms with Gasteiger partial charge in [-0.2, -0.15) is 5.10 Å². The molecule has 0 spiro atoms. The first-order valence-corrected chi connectivity index (χ1v) is 7.12. The molecule has 3 aromatic rings. The van der Waals surface area contributed by atoms with Gasteiger partial charge in [-0.25, -0.2) is 9.78 Å². The molecule has 5 nitrogen and oxygen atoms in total. The predicted molar refractivity (Wildman–Crippen MR) is 76.9 cm³/mol.